The lowest BCUT2D eigenvalue weighted by Crippen LogP contribution is -2.24. The topological polar surface area (TPSA) is 46.1 Å². The van der Waals surface area contributed by atoms with Crippen molar-refractivity contribution in [3.8, 4) is 0 Å². The number of carbonyl (C=O) groups excluding carboxylic acids is 1. The highest BCUT2D eigenvalue weighted by Crippen LogP contribution is 2.28. The molecule has 1 saturated heterocycles. The zero-order valence-electron chi connectivity index (χ0n) is 14.0. The average Bonchev–Trinajstić information content (AvgIpc) is 2.88. The number of hydrogen-bond donors (Lipinski definition) is 0. The molecule has 2 aromatic rings. The van der Waals surface area contributed by atoms with Crippen LogP contribution >= 0.6 is 0 Å². The molecular weight excluding hydrogens is 286 g/mol. The fourth-order valence-electron chi connectivity index (χ4n) is 3.22. The number of rotatable bonds is 4. The van der Waals surface area contributed by atoms with Crippen molar-refractivity contribution in [3.63, 3.8) is 0 Å². The van der Waals surface area contributed by atoms with Crippen LogP contribution in [0.2, 0.25) is 0 Å². The zero-order valence-corrected chi connectivity index (χ0v) is 14.0. The first-order valence-corrected chi connectivity index (χ1v) is 8.22. The van der Waals surface area contributed by atoms with Gasteiger partial charge in [-0.05, 0) is 42.9 Å². The Bertz CT molecular complexity index is 697. The second-order valence-electron chi connectivity index (χ2n) is 6.59. The summed E-state index contributed by atoms with van der Waals surface area (Å²) in [7, 11) is 0. The van der Waals surface area contributed by atoms with Crippen LogP contribution in [0.15, 0.2) is 36.5 Å². The van der Waals surface area contributed by atoms with Gasteiger partial charge in [0.1, 0.15) is 5.82 Å². The summed E-state index contributed by atoms with van der Waals surface area (Å²) < 4.78 is 0. The van der Waals surface area contributed by atoms with E-state index in [0.717, 1.165) is 30.2 Å². The Kier molecular flexibility index (Phi) is 4.42. The van der Waals surface area contributed by atoms with Crippen molar-refractivity contribution in [2.45, 2.75) is 39.5 Å². The Labute approximate surface area is 137 Å². The molecule has 1 fully saturated rings. The standard InChI is InChI=1S/C19H23N3O/c1-13(2)17-11-20-14(3)21-18(17)9-15-10-19(23)22(12-15)16-7-5-4-6-8-16/h4-8,11,13,15H,9-10,12H2,1-3H3. The Balaban J connectivity index is 1.78. The van der Waals surface area contributed by atoms with E-state index in [1.165, 1.54) is 5.56 Å². The van der Waals surface area contributed by atoms with Crippen molar-refractivity contribution in [1.29, 1.82) is 0 Å². The van der Waals surface area contributed by atoms with E-state index in [4.69, 9.17) is 0 Å². The lowest BCUT2D eigenvalue weighted by molar-refractivity contribution is -0.117. The molecular formula is C19H23N3O. The predicted molar refractivity (Wildman–Crippen MR) is 91.5 cm³/mol. The van der Waals surface area contributed by atoms with Gasteiger partial charge in [0.2, 0.25) is 5.91 Å². The minimum absolute atomic E-state index is 0.207. The number of para-hydroxylation sites is 1. The summed E-state index contributed by atoms with van der Waals surface area (Å²) in [6, 6.07) is 9.91. The third-order valence-corrected chi connectivity index (χ3v) is 4.40. The van der Waals surface area contributed by atoms with Crippen molar-refractivity contribution >= 4 is 11.6 Å². The Hall–Kier alpha value is -2.23. The Morgan fingerprint density at radius 2 is 2.00 bits per heavy atom. The van der Waals surface area contributed by atoms with Crippen LogP contribution in [0.4, 0.5) is 5.69 Å². The van der Waals surface area contributed by atoms with Crippen LogP contribution in [0.25, 0.3) is 0 Å². The SMILES string of the molecule is Cc1ncc(C(C)C)c(CC2CC(=O)N(c3ccccc3)C2)n1. The molecule has 1 aromatic carbocycles. The molecule has 0 saturated carbocycles. The van der Waals surface area contributed by atoms with Gasteiger partial charge in [-0.25, -0.2) is 9.97 Å². The number of amides is 1. The van der Waals surface area contributed by atoms with Gasteiger partial charge in [-0.1, -0.05) is 32.0 Å². The van der Waals surface area contributed by atoms with Crippen molar-refractivity contribution in [1.82, 2.24) is 9.97 Å². The highest BCUT2D eigenvalue weighted by atomic mass is 16.2. The molecule has 2 heterocycles. The maximum absolute atomic E-state index is 12.4. The Morgan fingerprint density at radius 1 is 1.26 bits per heavy atom. The normalized spacial score (nSPS) is 18.0. The first-order valence-electron chi connectivity index (χ1n) is 8.22. The van der Waals surface area contributed by atoms with E-state index in [1.54, 1.807) is 0 Å². The first kappa shape index (κ1) is 15.7. The van der Waals surface area contributed by atoms with Crippen molar-refractivity contribution in [2.75, 3.05) is 11.4 Å². The molecule has 1 aliphatic heterocycles. The molecule has 0 radical (unpaired) electrons. The molecule has 4 nitrogen and oxygen atoms in total. The molecule has 1 aliphatic rings. The minimum Gasteiger partial charge on any atom is -0.312 e. The fourth-order valence-corrected chi connectivity index (χ4v) is 3.22. The summed E-state index contributed by atoms with van der Waals surface area (Å²) >= 11 is 0. The van der Waals surface area contributed by atoms with Crippen LogP contribution in [0.1, 0.15) is 43.3 Å². The second kappa shape index (κ2) is 6.49. The molecule has 1 unspecified atom stereocenters. The van der Waals surface area contributed by atoms with Gasteiger partial charge in [-0.3, -0.25) is 4.79 Å². The zero-order chi connectivity index (χ0) is 16.4. The fraction of sp³-hybridized carbons (Fsp3) is 0.421. The number of nitrogens with zero attached hydrogens (tertiary/aromatic N) is 3. The van der Waals surface area contributed by atoms with Gasteiger partial charge >= 0.3 is 0 Å². The van der Waals surface area contributed by atoms with Gasteiger partial charge in [-0.15, -0.1) is 0 Å². The minimum atomic E-state index is 0.207. The van der Waals surface area contributed by atoms with Gasteiger partial charge in [-0.2, -0.15) is 0 Å². The van der Waals surface area contributed by atoms with Crippen LogP contribution in [-0.4, -0.2) is 22.4 Å². The van der Waals surface area contributed by atoms with Crippen molar-refractivity contribution < 1.29 is 4.79 Å². The van der Waals surface area contributed by atoms with Gasteiger partial charge < -0.3 is 4.90 Å². The van der Waals surface area contributed by atoms with E-state index < -0.39 is 0 Å². The van der Waals surface area contributed by atoms with Crippen molar-refractivity contribution in [2.24, 2.45) is 5.92 Å². The summed E-state index contributed by atoms with van der Waals surface area (Å²) in [6.07, 6.45) is 3.37. The highest BCUT2D eigenvalue weighted by molar-refractivity contribution is 5.95. The number of benzene rings is 1. The van der Waals surface area contributed by atoms with E-state index in [1.807, 2.05) is 48.4 Å². The van der Waals surface area contributed by atoms with Crippen LogP contribution in [0, 0.1) is 12.8 Å². The maximum atomic E-state index is 12.4. The van der Waals surface area contributed by atoms with E-state index >= 15 is 0 Å². The van der Waals surface area contributed by atoms with Crippen molar-refractivity contribution in [3.05, 3.63) is 53.6 Å². The van der Waals surface area contributed by atoms with Crippen LogP contribution in [0.3, 0.4) is 0 Å². The largest absolute Gasteiger partial charge is 0.312 e. The smallest absolute Gasteiger partial charge is 0.227 e. The first-order chi connectivity index (χ1) is 11.0. The number of anilines is 1. The van der Waals surface area contributed by atoms with Gasteiger partial charge in [0.15, 0.2) is 0 Å². The summed E-state index contributed by atoms with van der Waals surface area (Å²) in [4.78, 5) is 23.2. The molecule has 0 aliphatic carbocycles. The van der Waals surface area contributed by atoms with E-state index in [-0.39, 0.29) is 5.91 Å². The summed E-state index contributed by atoms with van der Waals surface area (Å²) in [5.74, 6) is 1.72. The van der Waals surface area contributed by atoms with Gasteiger partial charge in [0.25, 0.3) is 0 Å². The molecule has 0 N–H and O–H groups in total. The number of aryl methyl sites for hydroxylation is 1. The molecule has 1 aromatic heterocycles. The number of carbonyl (C=O) groups is 1. The van der Waals surface area contributed by atoms with Crippen LogP contribution in [0.5, 0.6) is 0 Å². The molecule has 120 valence electrons. The third kappa shape index (κ3) is 3.41. The van der Waals surface area contributed by atoms with E-state index in [2.05, 4.69) is 23.8 Å². The average molecular weight is 309 g/mol. The molecule has 1 amide bonds. The second-order valence-corrected chi connectivity index (χ2v) is 6.59. The quantitative estimate of drug-likeness (QED) is 0.868. The van der Waals surface area contributed by atoms with Gasteiger partial charge in [0, 0.05) is 30.5 Å². The maximum Gasteiger partial charge on any atom is 0.227 e. The molecule has 23 heavy (non-hydrogen) atoms. The Morgan fingerprint density at radius 3 is 2.70 bits per heavy atom. The highest BCUT2D eigenvalue weighted by Gasteiger charge is 2.31. The molecule has 1 atom stereocenters. The molecule has 0 spiro atoms. The molecule has 3 rings (SSSR count). The van der Waals surface area contributed by atoms with Crippen LogP contribution in [-0.2, 0) is 11.2 Å². The third-order valence-electron chi connectivity index (χ3n) is 4.40. The van der Waals surface area contributed by atoms with E-state index in [0.29, 0.717) is 18.3 Å². The number of aromatic nitrogens is 2. The summed E-state index contributed by atoms with van der Waals surface area (Å²) in [6.45, 7) is 7.01. The number of hydrogen-bond acceptors (Lipinski definition) is 3. The molecule has 4 heteroatoms. The summed E-state index contributed by atoms with van der Waals surface area (Å²) in [5, 5.41) is 0. The van der Waals surface area contributed by atoms with E-state index in [9.17, 15) is 4.79 Å². The van der Waals surface area contributed by atoms with Gasteiger partial charge in [0.05, 0.1) is 0 Å². The summed E-state index contributed by atoms with van der Waals surface area (Å²) in [5.41, 5.74) is 3.28. The monoisotopic (exact) mass is 309 g/mol. The predicted octanol–water partition coefficient (Wildman–Crippen LogP) is 3.50. The molecule has 0 bridgehead atoms. The van der Waals surface area contributed by atoms with Crippen LogP contribution < -0.4 is 4.90 Å². The lowest BCUT2D eigenvalue weighted by Gasteiger charge is -2.18. The lowest BCUT2D eigenvalue weighted by atomic mass is 9.95.